The number of ether oxygens (including phenoxy) is 1. The van der Waals surface area contributed by atoms with Gasteiger partial charge in [0.15, 0.2) is 5.13 Å². The van der Waals surface area contributed by atoms with Gasteiger partial charge in [0, 0.05) is 5.38 Å². The lowest BCUT2D eigenvalue weighted by atomic mass is 10.3. The Kier molecular flexibility index (Phi) is 8.49. The molecule has 1 heterocycles. The predicted molar refractivity (Wildman–Crippen MR) is 88.0 cm³/mol. The lowest BCUT2D eigenvalue weighted by Crippen LogP contribution is -2.21. The van der Waals surface area contributed by atoms with Crippen LogP contribution in [0, 0.1) is 0 Å². The fraction of sp³-hybridized carbons (Fsp3) is 0.500. The summed E-state index contributed by atoms with van der Waals surface area (Å²) in [5.41, 5.74) is 5.07. The van der Waals surface area contributed by atoms with Gasteiger partial charge in [-0.3, -0.25) is 9.05 Å². The third kappa shape index (κ3) is 6.78. The highest BCUT2D eigenvalue weighted by Crippen LogP contribution is 2.49. The molecule has 0 aliphatic carbocycles. The second-order valence-electron chi connectivity index (χ2n) is 4.02. The van der Waals surface area contributed by atoms with Crippen LogP contribution in [0.5, 0.6) is 0 Å². The van der Waals surface area contributed by atoms with Crippen LogP contribution >= 0.6 is 19.2 Å². The van der Waals surface area contributed by atoms with Gasteiger partial charge < -0.3 is 19.8 Å². The number of nitrogen functional groups attached to an aromatic ring is 1. The number of carbonyl (C=O) groups excluding carboxylic acids is 2. The van der Waals surface area contributed by atoms with Gasteiger partial charge >= 0.3 is 19.8 Å². The maximum absolute atomic E-state index is 12.3. The van der Waals surface area contributed by atoms with Crippen LogP contribution in [0.1, 0.15) is 19.5 Å². The van der Waals surface area contributed by atoms with Crippen LogP contribution in [-0.2, 0) is 37.3 Å². The summed E-state index contributed by atoms with van der Waals surface area (Å²) >= 11 is 1.03. The van der Waals surface area contributed by atoms with E-state index in [2.05, 4.69) is 14.9 Å². The number of nitrogens with zero attached hydrogens (tertiary/aromatic N) is 2. The first-order chi connectivity index (χ1) is 11.8. The predicted octanol–water partition coefficient (Wildman–Crippen LogP) is 1.34. The van der Waals surface area contributed by atoms with E-state index in [1.54, 1.807) is 13.8 Å². The van der Waals surface area contributed by atoms with E-state index in [1.807, 2.05) is 0 Å². The van der Waals surface area contributed by atoms with E-state index in [-0.39, 0.29) is 24.0 Å². The summed E-state index contributed by atoms with van der Waals surface area (Å²) in [6.45, 7) is 2.52. The van der Waals surface area contributed by atoms with Crippen LogP contribution in [0.4, 0.5) is 5.13 Å². The molecule has 0 amide bonds. The molecule has 0 aromatic carbocycles. The van der Waals surface area contributed by atoms with E-state index >= 15 is 0 Å². The molecule has 0 saturated heterocycles. The average molecular weight is 395 g/mol. The minimum atomic E-state index is -4.13. The molecular formula is C12H18N3O8PS. The van der Waals surface area contributed by atoms with Gasteiger partial charge in [-0.25, -0.2) is 19.1 Å². The molecule has 0 radical (unpaired) electrons. The second kappa shape index (κ2) is 10.1. The zero-order valence-corrected chi connectivity index (χ0v) is 15.5. The molecule has 0 saturated carbocycles. The minimum absolute atomic E-state index is 0.0110. The number of hydrogen-bond donors (Lipinski definition) is 1. The minimum Gasteiger partial charge on any atom is -0.466 e. The summed E-state index contributed by atoms with van der Waals surface area (Å²) in [4.78, 5) is 32.0. The number of phosphoric ester groups is 1. The summed E-state index contributed by atoms with van der Waals surface area (Å²) in [6.07, 6.45) is 0. The van der Waals surface area contributed by atoms with Crippen LogP contribution < -0.4 is 5.73 Å². The Hall–Kier alpha value is -2.01. The summed E-state index contributed by atoms with van der Waals surface area (Å²) in [5.74, 6) is -1.90. The molecule has 0 fully saturated rings. The maximum Gasteiger partial charge on any atom is 0.532 e. The Labute approximate surface area is 147 Å². The van der Waals surface area contributed by atoms with Crippen LogP contribution in [0.15, 0.2) is 10.5 Å². The molecule has 1 rings (SSSR count). The number of hydrogen-bond acceptors (Lipinski definition) is 12. The molecule has 0 unspecified atom stereocenters. The first kappa shape index (κ1) is 21.0. The van der Waals surface area contributed by atoms with Gasteiger partial charge in [-0.2, -0.15) is 0 Å². The van der Waals surface area contributed by atoms with E-state index in [4.69, 9.17) is 24.1 Å². The Balaban J connectivity index is 3.01. The number of thiazole rings is 1. The van der Waals surface area contributed by atoms with E-state index in [0.717, 1.165) is 18.4 Å². The lowest BCUT2D eigenvalue weighted by molar-refractivity contribution is -0.146. The number of nitrogens with two attached hydrogens (primary N) is 1. The van der Waals surface area contributed by atoms with Crippen molar-refractivity contribution in [2.45, 2.75) is 13.8 Å². The molecule has 0 bridgehead atoms. The topological polar surface area (TPSA) is 149 Å². The van der Waals surface area contributed by atoms with Crippen molar-refractivity contribution in [1.82, 2.24) is 4.98 Å². The van der Waals surface area contributed by atoms with Crippen molar-refractivity contribution in [2.75, 3.05) is 32.7 Å². The number of esters is 1. The fourth-order valence-electron chi connectivity index (χ4n) is 1.34. The molecule has 0 atom stereocenters. The smallest absolute Gasteiger partial charge is 0.466 e. The Morgan fingerprint density at radius 2 is 1.96 bits per heavy atom. The van der Waals surface area contributed by atoms with Crippen molar-refractivity contribution in [3.63, 3.8) is 0 Å². The number of phosphoric acid groups is 1. The lowest BCUT2D eigenvalue weighted by Gasteiger charge is -2.15. The monoisotopic (exact) mass is 395 g/mol. The van der Waals surface area contributed by atoms with E-state index in [1.165, 1.54) is 5.38 Å². The highest BCUT2D eigenvalue weighted by Gasteiger charge is 2.34. The highest BCUT2D eigenvalue weighted by molar-refractivity contribution is 7.49. The van der Waals surface area contributed by atoms with Gasteiger partial charge in [0.05, 0.1) is 20.3 Å². The van der Waals surface area contributed by atoms with E-state index < -0.39 is 32.1 Å². The standard InChI is InChI=1S/C12H18N3O8PS/c1-4-21-24(18,22-5-2)23-11(17)10(8-7-25-12(13)14-8)15-20-6-9(16)19-3/h7H,4-6H2,1-3H3,(H2,13,14)/b15-10-. The van der Waals surface area contributed by atoms with Crippen molar-refractivity contribution in [2.24, 2.45) is 5.16 Å². The fourth-order valence-corrected chi connectivity index (χ4v) is 2.99. The van der Waals surface area contributed by atoms with Crippen LogP contribution in [0.2, 0.25) is 0 Å². The zero-order chi connectivity index (χ0) is 18.9. The third-order valence-electron chi connectivity index (χ3n) is 2.29. The van der Waals surface area contributed by atoms with Gasteiger partial charge in [0.25, 0.3) is 0 Å². The van der Waals surface area contributed by atoms with Crippen molar-refractivity contribution in [1.29, 1.82) is 0 Å². The average Bonchev–Trinajstić information content (AvgIpc) is 2.97. The van der Waals surface area contributed by atoms with E-state index in [0.29, 0.717) is 0 Å². The Bertz CT molecular complexity index is 667. The summed E-state index contributed by atoms with van der Waals surface area (Å²) in [5, 5.41) is 5.06. The molecule has 140 valence electrons. The first-order valence-corrected chi connectivity index (χ1v) is 9.30. The highest BCUT2D eigenvalue weighted by atomic mass is 32.1. The van der Waals surface area contributed by atoms with Gasteiger partial charge in [0.2, 0.25) is 12.3 Å². The van der Waals surface area contributed by atoms with Crippen LogP contribution in [-0.4, -0.2) is 49.6 Å². The van der Waals surface area contributed by atoms with Crippen molar-refractivity contribution < 1.29 is 37.3 Å². The summed E-state index contributed by atoms with van der Waals surface area (Å²) in [6, 6.07) is 0. The Morgan fingerprint density at radius 3 is 2.44 bits per heavy atom. The zero-order valence-electron chi connectivity index (χ0n) is 13.8. The summed E-state index contributed by atoms with van der Waals surface area (Å²) in [7, 11) is -2.97. The van der Waals surface area contributed by atoms with Crippen LogP contribution in [0.3, 0.4) is 0 Å². The first-order valence-electron chi connectivity index (χ1n) is 6.96. The van der Waals surface area contributed by atoms with Gasteiger partial charge in [-0.05, 0) is 13.8 Å². The van der Waals surface area contributed by atoms with Crippen molar-refractivity contribution >= 4 is 41.9 Å². The molecule has 11 nitrogen and oxygen atoms in total. The van der Waals surface area contributed by atoms with Gasteiger partial charge in [0.1, 0.15) is 5.69 Å². The molecule has 13 heteroatoms. The second-order valence-corrected chi connectivity index (χ2v) is 6.51. The number of anilines is 1. The van der Waals surface area contributed by atoms with Crippen LogP contribution in [0.25, 0.3) is 0 Å². The Morgan fingerprint density at radius 1 is 1.32 bits per heavy atom. The molecule has 2 N–H and O–H groups in total. The molecule has 1 aromatic heterocycles. The number of rotatable bonds is 10. The third-order valence-corrected chi connectivity index (χ3v) is 4.51. The van der Waals surface area contributed by atoms with Crippen molar-refractivity contribution in [3.8, 4) is 0 Å². The number of carbonyl (C=O) groups is 2. The SMILES string of the molecule is CCOP(=O)(OCC)OC(=O)/C(=N\OCC(=O)OC)c1csc(N)n1. The van der Waals surface area contributed by atoms with Gasteiger partial charge in [-0.1, -0.05) is 5.16 Å². The number of methoxy groups -OCH3 is 1. The normalized spacial score (nSPS) is 11.9. The van der Waals surface area contributed by atoms with Crippen molar-refractivity contribution in [3.05, 3.63) is 11.1 Å². The molecule has 1 aromatic rings. The largest absolute Gasteiger partial charge is 0.532 e. The van der Waals surface area contributed by atoms with E-state index in [9.17, 15) is 14.2 Å². The molecule has 0 aliphatic rings. The maximum atomic E-state index is 12.3. The summed E-state index contributed by atoms with van der Waals surface area (Å²) < 4.78 is 31.2. The number of aromatic nitrogens is 1. The number of oxime groups is 1. The molecular weight excluding hydrogens is 377 g/mol. The van der Waals surface area contributed by atoms with Gasteiger partial charge in [-0.15, -0.1) is 11.3 Å². The molecule has 25 heavy (non-hydrogen) atoms. The quantitative estimate of drug-likeness (QED) is 0.266. The molecule has 0 aliphatic heterocycles. The molecule has 0 spiro atoms.